The lowest BCUT2D eigenvalue weighted by Crippen LogP contribution is -2.32. The molecular weight excluding hydrogens is 556 g/mol. The number of carbonyl (C=O) groups excluding carboxylic acids is 2. The van der Waals surface area contributed by atoms with Gasteiger partial charge in [-0.25, -0.2) is 14.6 Å². The van der Waals surface area contributed by atoms with E-state index in [1.54, 1.807) is 25.2 Å². The van der Waals surface area contributed by atoms with E-state index in [1.807, 2.05) is 13.8 Å². The van der Waals surface area contributed by atoms with E-state index in [1.165, 1.54) is 0 Å². The second-order valence-corrected chi connectivity index (χ2v) is 13.1. The monoisotopic (exact) mass is 600 g/mol. The quantitative estimate of drug-likeness (QED) is 0.380. The molecule has 8 atom stereocenters. The van der Waals surface area contributed by atoms with Crippen LogP contribution in [0.5, 0.6) is 0 Å². The number of carboxylic acids is 1. The fourth-order valence-electron chi connectivity index (χ4n) is 6.58. The lowest BCUT2D eigenvalue weighted by molar-refractivity contribution is -0.144. The van der Waals surface area contributed by atoms with Gasteiger partial charge in [0.2, 0.25) is 5.01 Å². The van der Waals surface area contributed by atoms with Gasteiger partial charge >= 0.3 is 17.9 Å². The van der Waals surface area contributed by atoms with Crippen LogP contribution in [0.15, 0.2) is 23.8 Å². The number of ether oxygens (including phenoxy) is 2. The minimum Gasteiger partial charge on any atom is -0.481 e. The largest absolute Gasteiger partial charge is 0.481 e. The van der Waals surface area contributed by atoms with Crippen molar-refractivity contribution in [3.63, 3.8) is 0 Å². The van der Waals surface area contributed by atoms with Crippen molar-refractivity contribution >= 4 is 29.2 Å². The van der Waals surface area contributed by atoms with Gasteiger partial charge in [0.05, 0.1) is 36.0 Å². The third-order valence-corrected chi connectivity index (χ3v) is 9.51. The molecule has 42 heavy (non-hydrogen) atoms. The normalized spacial score (nSPS) is 33.5. The molecule has 1 aliphatic heterocycles. The molecule has 3 rings (SSSR count). The van der Waals surface area contributed by atoms with Crippen molar-refractivity contribution in [3.8, 4) is 6.07 Å². The summed E-state index contributed by atoms with van der Waals surface area (Å²) < 4.78 is 11.2. The molecule has 0 saturated heterocycles. The molecule has 0 spiro atoms. The molecule has 0 bridgehead atoms. The molecule has 1 saturated carbocycles. The molecule has 230 valence electrons. The number of carbonyl (C=O) groups is 3. The Balaban J connectivity index is 2.04. The minimum atomic E-state index is -0.916. The summed E-state index contributed by atoms with van der Waals surface area (Å²) in [5.41, 5.74) is 0.752. The van der Waals surface area contributed by atoms with E-state index < -0.39 is 36.0 Å². The fourth-order valence-corrected chi connectivity index (χ4v) is 7.55. The SMILES string of the molecule is CCOC(=O)c1nc2c(s1)C(=O)OC(C1CCCC1C(=O)O)C/C=C/C=C(\C#N)C(O)C(C)CC(C)CC(C)CC2C. The zero-order chi connectivity index (χ0) is 31.0. The van der Waals surface area contributed by atoms with Crippen LogP contribution in [-0.4, -0.2) is 51.9 Å². The first-order chi connectivity index (χ1) is 20.0. The van der Waals surface area contributed by atoms with Gasteiger partial charge in [-0.2, -0.15) is 5.26 Å². The van der Waals surface area contributed by atoms with Crippen molar-refractivity contribution in [2.45, 2.75) is 97.7 Å². The van der Waals surface area contributed by atoms with Crippen molar-refractivity contribution in [2.24, 2.45) is 29.6 Å². The van der Waals surface area contributed by atoms with Gasteiger partial charge in [-0.3, -0.25) is 4.79 Å². The Labute approximate surface area is 252 Å². The molecule has 1 fully saturated rings. The predicted molar refractivity (Wildman–Crippen MR) is 159 cm³/mol. The number of hydrogen-bond donors (Lipinski definition) is 2. The summed E-state index contributed by atoms with van der Waals surface area (Å²) in [6.45, 7) is 10.1. The van der Waals surface area contributed by atoms with Crippen LogP contribution in [0.2, 0.25) is 0 Å². The van der Waals surface area contributed by atoms with Gasteiger partial charge in [0.1, 0.15) is 11.0 Å². The molecule has 10 heteroatoms. The smallest absolute Gasteiger partial charge is 0.367 e. The van der Waals surface area contributed by atoms with Crippen LogP contribution in [0.4, 0.5) is 0 Å². The number of allylic oxidation sites excluding steroid dienone is 2. The van der Waals surface area contributed by atoms with Crippen molar-refractivity contribution in [1.82, 2.24) is 4.98 Å². The van der Waals surface area contributed by atoms with E-state index in [2.05, 4.69) is 24.9 Å². The summed E-state index contributed by atoms with van der Waals surface area (Å²) >= 11 is 0.958. The highest BCUT2D eigenvalue weighted by Gasteiger charge is 2.40. The van der Waals surface area contributed by atoms with Crippen LogP contribution >= 0.6 is 11.3 Å². The first-order valence-corrected chi connectivity index (χ1v) is 15.8. The van der Waals surface area contributed by atoms with Gasteiger partial charge in [-0.15, -0.1) is 0 Å². The number of fused-ring (bicyclic) bond motifs is 1. The fraction of sp³-hybridized carbons (Fsp3) is 0.656. The van der Waals surface area contributed by atoms with Crippen LogP contribution in [0, 0.1) is 40.9 Å². The van der Waals surface area contributed by atoms with E-state index in [-0.39, 0.29) is 58.1 Å². The lowest BCUT2D eigenvalue weighted by atomic mass is 9.82. The van der Waals surface area contributed by atoms with Gasteiger partial charge < -0.3 is 19.7 Å². The Morgan fingerprint density at radius 3 is 2.55 bits per heavy atom. The number of nitrogens with zero attached hydrogens (tertiary/aromatic N) is 2. The van der Waals surface area contributed by atoms with E-state index >= 15 is 0 Å². The first kappa shape index (κ1) is 33.5. The third kappa shape index (κ3) is 8.51. The number of rotatable bonds is 4. The number of cyclic esters (lactones) is 1. The van der Waals surface area contributed by atoms with Gasteiger partial charge in [0.15, 0.2) is 0 Å². The molecule has 1 aliphatic carbocycles. The van der Waals surface area contributed by atoms with Crippen LogP contribution < -0.4 is 0 Å². The number of hydrogen-bond acceptors (Lipinski definition) is 9. The standard InChI is InChI=1S/C32H44N2O7S/c1-6-40-32(39)29-34-26-20(4)15-18(2)14-19(3)16-21(5)27(35)22(17-33)10-7-8-13-25(41-31(38)28(26)42-29)23-11-9-12-24(23)30(36)37/h7-8,10,18-21,23-25,27,35H,6,9,11-16H2,1-5H3,(H,36,37)/b8-7+,22-10+. The average molecular weight is 601 g/mol. The van der Waals surface area contributed by atoms with Crippen molar-refractivity contribution < 1.29 is 34.1 Å². The highest BCUT2D eigenvalue weighted by atomic mass is 32.1. The number of esters is 2. The molecule has 2 N–H and O–H groups in total. The summed E-state index contributed by atoms with van der Waals surface area (Å²) in [4.78, 5) is 43.1. The topological polar surface area (TPSA) is 147 Å². The Morgan fingerprint density at radius 1 is 1.17 bits per heavy atom. The maximum atomic E-state index is 13.7. The number of aliphatic hydroxyl groups excluding tert-OH is 1. The highest BCUT2D eigenvalue weighted by molar-refractivity contribution is 7.15. The molecule has 0 amide bonds. The third-order valence-electron chi connectivity index (χ3n) is 8.48. The number of thiazole rings is 1. The van der Waals surface area contributed by atoms with Crippen LogP contribution in [0.1, 0.15) is 111 Å². The summed E-state index contributed by atoms with van der Waals surface area (Å²) in [5, 5.41) is 30.5. The average Bonchev–Trinajstić information content (AvgIpc) is 3.60. The molecule has 0 radical (unpaired) electrons. The molecular formula is C32H44N2O7S. The van der Waals surface area contributed by atoms with Gasteiger partial charge in [-0.05, 0) is 62.9 Å². The van der Waals surface area contributed by atoms with E-state index in [4.69, 9.17) is 9.47 Å². The summed E-state index contributed by atoms with van der Waals surface area (Å²) in [5.74, 6) is -2.89. The van der Waals surface area contributed by atoms with Gasteiger partial charge in [-0.1, -0.05) is 57.6 Å². The van der Waals surface area contributed by atoms with Crippen LogP contribution in [-0.2, 0) is 14.3 Å². The summed E-state index contributed by atoms with van der Waals surface area (Å²) in [7, 11) is 0. The Hall–Kier alpha value is -3.03. The zero-order valence-corrected chi connectivity index (χ0v) is 26.1. The second kappa shape index (κ2) is 15.4. The molecule has 1 aromatic heterocycles. The summed E-state index contributed by atoms with van der Waals surface area (Å²) in [6.07, 6.45) is 7.75. The van der Waals surface area contributed by atoms with Gasteiger partial charge in [0, 0.05) is 18.3 Å². The Morgan fingerprint density at radius 2 is 1.88 bits per heavy atom. The predicted octanol–water partition coefficient (Wildman–Crippen LogP) is 6.30. The van der Waals surface area contributed by atoms with E-state index in [0.29, 0.717) is 31.4 Å². The van der Waals surface area contributed by atoms with Crippen molar-refractivity contribution in [2.75, 3.05) is 6.61 Å². The van der Waals surface area contributed by atoms with E-state index in [9.17, 15) is 29.9 Å². The van der Waals surface area contributed by atoms with Gasteiger partial charge in [0.25, 0.3) is 0 Å². The van der Waals surface area contributed by atoms with Crippen LogP contribution in [0.3, 0.4) is 0 Å². The number of carboxylic acid groups (broad SMARTS) is 1. The Bertz CT molecular complexity index is 1220. The number of nitriles is 1. The van der Waals surface area contributed by atoms with Crippen molar-refractivity contribution in [1.29, 1.82) is 5.26 Å². The first-order valence-electron chi connectivity index (χ1n) is 15.0. The second-order valence-electron chi connectivity index (χ2n) is 12.1. The van der Waals surface area contributed by atoms with Crippen LogP contribution in [0.25, 0.3) is 0 Å². The zero-order valence-electron chi connectivity index (χ0n) is 25.2. The maximum absolute atomic E-state index is 13.7. The molecule has 2 aliphatic rings. The molecule has 8 unspecified atom stereocenters. The number of aliphatic hydroxyl groups is 1. The highest BCUT2D eigenvalue weighted by Crippen LogP contribution is 2.39. The molecule has 1 aromatic rings. The lowest BCUT2D eigenvalue weighted by Gasteiger charge is -2.27. The van der Waals surface area contributed by atoms with Crippen molar-refractivity contribution in [3.05, 3.63) is 39.4 Å². The molecule has 2 heterocycles. The summed E-state index contributed by atoms with van der Waals surface area (Å²) in [6, 6.07) is 2.11. The number of aliphatic carboxylic acids is 1. The maximum Gasteiger partial charge on any atom is 0.367 e. The molecule has 0 aromatic carbocycles. The van der Waals surface area contributed by atoms with E-state index in [0.717, 1.165) is 24.2 Å². The number of aromatic nitrogens is 1. The Kier molecular flexibility index (Phi) is 12.3. The molecule has 9 nitrogen and oxygen atoms in total. The minimum absolute atomic E-state index is 0.0928.